The number of nitrogens with one attached hydrogen (secondary N) is 1. The van der Waals surface area contributed by atoms with E-state index in [-0.39, 0.29) is 32.1 Å². The zero-order chi connectivity index (χ0) is 14.0. The molecule has 1 N–H and O–H groups in total. The lowest BCUT2D eigenvalue weighted by molar-refractivity contribution is 0.102. The van der Waals surface area contributed by atoms with Crippen LogP contribution in [0.2, 0.25) is 20.7 Å². The largest absolute Gasteiger partial charge is 0.306 e. The first kappa shape index (κ1) is 14.2. The number of hydrogen-bond donors (Lipinski definition) is 1. The molecular formula is C9H3Cl4N5O. The average Bonchev–Trinajstić information content (AvgIpc) is 2.30. The predicted octanol–water partition coefficient (Wildman–Crippen LogP) is 3.13. The summed E-state index contributed by atoms with van der Waals surface area (Å²) < 4.78 is 0. The Morgan fingerprint density at radius 1 is 1.00 bits per heavy atom. The lowest BCUT2D eigenvalue weighted by Crippen LogP contribution is -2.14. The molecular weight excluding hydrogens is 336 g/mol. The molecule has 2 rings (SSSR count). The van der Waals surface area contributed by atoms with Gasteiger partial charge >= 0.3 is 0 Å². The summed E-state index contributed by atoms with van der Waals surface area (Å²) in [4.78, 5) is 19.4. The molecule has 98 valence electrons. The molecule has 0 atom stereocenters. The van der Waals surface area contributed by atoms with Crippen LogP contribution < -0.4 is 5.32 Å². The van der Waals surface area contributed by atoms with E-state index in [2.05, 4.69) is 25.5 Å². The molecule has 0 unspecified atom stereocenters. The molecule has 0 fully saturated rings. The third-order valence-electron chi connectivity index (χ3n) is 1.87. The number of amides is 1. The van der Waals surface area contributed by atoms with Gasteiger partial charge in [0, 0.05) is 6.07 Å². The van der Waals surface area contributed by atoms with E-state index in [4.69, 9.17) is 46.4 Å². The molecule has 2 heterocycles. The standard InChI is InChI=1S/C9H3Cl4N5O/c10-4-2-6(16-9(13)14-4)15-8(19)3-1-5(11)17-18-7(3)12/h1-2H,(H,14,15,16,19). The van der Waals surface area contributed by atoms with Crippen LogP contribution in [0.5, 0.6) is 0 Å². The van der Waals surface area contributed by atoms with E-state index in [1.54, 1.807) is 0 Å². The van der Waals surface area contributed by atoms with Gasteiger partial charge in [0.05, 0.1) is 5.56 Å². The second-order valence-corrected chi connectivity index (χ2v) is 4.64. The number of halogens is 4. The highest BCUT2D eigenvalue weighted by atomic mass is 35.5. The monoisotopic (exact) mass is 337 g/mol. The molecule has 0 bridgehead atoms. The Kier molecular flexibility index (Phi) is 4.36. The van der Waals surface area contributed by atoms with Crippen LogP contribution in [-0.4, -0.2) is 26.1 Å². The molecule has 0 radical (unpaired) electrons. The van der Waals surface area contributed by atoms with Crippen molar-refractivity contribution in [3.05, 3.63) is 38.4 Å². The van der Waals surface area contributed by atoms with E-state index in [0.717, 1.165) is 0 Å². The van der Waals surface area contributed by atoms with Crippen LogP contribution in [0.3, 0.4) is 0 Å². The summed E-state index contributed by atoms with van der Waals surface area (Å²) in [6, 6.07) is 2.60. The molecule has 0 aliphatic rings. The van der Waals surface area contributed by atoms with Crippen LogP contribution >= 0.6 is 46.4 Å². The van der Waals surface area contributed by atoms with Crippen molar-refractivity contribution in [2.75, 3.05) is 5.32 Å². The van der Waals surface area contributed by atoms with Gasteiger partial charge in [-0.2, -0.15) is 0 Å². The minimum atomic E-state index is -0.576. The van der Waals surface area contributed by atoms with Crippen molar-refractivity contribution in [3.8, 4) is 0 Å². The molecule has 1 amide bonds. The Morgan fingerprint density at radius 2 is 1.74 bits per heavy atom. The number of carbonyl (C=O) groups excluding carboxylic acids is 1. The Balaban J connectivity index is 2.28. The summed E-state index contributed by atoms with van der Waals surface area (Å²) in [6.45, 7) is 0. The SMILES string of the molecule is O=C(Nc1cc(Cl)nc(Cl)n1)c1cc(Cl)nnc1Cl. The zero-order valence-corrected chi connectivity index (χ0v) is 11.9. The topological polar surface area (TPSA) is 80.7 Å². The number of nitrogens with zero attached hydrogens (tertiary/aromatic N) is 4. The maximum absolute atomic E-state index is 11.9. The molecule has 0 saturated heterocycles. The van der Waals surface area contributed by atoms with Gasteiger partial charge in [-0.3, -0.25) is 4.79 Å². The summed E-state index contributed by atoms with van der Waals surface area (Å²) in [5.41, 5.74) is 0.0486. The molecule has 0 aliphatic heterocycles. The van der Waals surface area contributed by atoms with Crippen molar-refractivity contribution in [2.24, 2.45) is 0 Å². The number of anilines is 1. The van der Waals surface area contributed by atoms with Gasteiger partial charge in [0.15, 0.2) is 10.3 Å². The van der Waals surface area contributed by atoms with Crippen molar-refractivity contribution >= 4 is 58.1 Å². The van der Waals surface area contributed by atoms with Crippen molar-refractivity contribution in [2.45, 2.75) is 0 Å². The van der Waals surface area contributed by atoms with Gasteiger partial charge in [-0.15, -0.1) is 10.2 Å². The number of hydrogen-bond acceptors (Lipinski definition) is 5. The second-order valence-electron chi connectivity index (χ2n) is 3.17. The van der Waals surface area contributed by atoms with Crippen molar-refractivity contribution < 1.29 is 4.79 Å². The van der Waals surface area contributed by atoms with E-state index >= 15 is 0 Å². The fourth-order valence-corrected chi connectivity index (χ4v) is 1.88. The molecule has 0 saturated carbocycles. The number of carbonyl (C=O) groups is 1. The molecule has 0 spiro atoms. The quantitative estimate of drug-likeness (QED) is 0.672. The molecule has 19 heavy (non-hydrogen) atoms. The van der Waals surface area contributed by atoms with E-state index in [1.807, 2.05) is 0 Å². The van der Waals surface area contributed by atoms with Gasteiger partial charge in [-0.1, -0.05) is 34.8 Å². The highest BCUT2D eigenvalue weighted by molar-refractivity contribution is 6.35. The van der Waals surface area contributed by atoms with E-state index in [0.29, 0.717) is 0 Å². The first-order valence-corrected chi connectivity index (χ1v) is 6.17. The minimum Gasteiger partial charge on any atom is -0.306 e. The van der Waals surface area contributed by atoms with Gasteiger partial charge < -0.3 is 5.32 Å². The third kappa shape index (κ3) is 3.63. The highest BCUT2D eigenvalue weighted by Crippen LogP contribution is 2.19. The molecule has 2 aromatic heterocycles. The predicted molar refractivity (Wildman–Crippen MR) is 72.1 cm³/mol. The first-order chi connectivity index (χ1) is 8.95. The molecule has 0 aromatic carbocycles. The Labute approximate surface area is 127 Å². The lowest BCUT2D eigenvalue weighted by atomic mass is 10.3. The van der Waals surface area contributed by atoms with E-state index in [1.165, 1.54) is 12.1 Å². The van der Waals surface area contributed by atoms with Gasteiger partial charge in [0.2, 0.25) is 5.28 Å². The van der Waals surface area contributed by atoms with Crippen LogP contribution in [-0.2, 0) is 0 Å². The Bertz CT molecular complexity index is 630. The lowest BCUT2D eigenvalue weighted by Gasteiger charge is -2.05. The molecule has 10 heteroatoms. The van der Waals surface area contributed by atoms with Gasteiger partial charge in [-0.05, 0) is 17.7 Å². The number of aromatic nitrogens is 4. The highest BCUT2D eigenvalue weighted by Gasteiger charge is 2.14. The summed E-state index contributed by atoms with van der Waals surface area (Å²) in [7, 11) is 0. The van der Waals surface area contributed by atoms with Crippen LogP contribution in [0.25, 0.3) is 0 Å². The van der Waals surface area contributed by atoms with Crippen molar-refractivity contribution in [1.29, 1.82) is 0 Å². The fourth-order valence-electron chi connectivity index (χ4n) is 1.15. The zero-order valence-electron chi connectivity index (χ0n) is 8.86. The summed E-state index contributed by atoms with van der Waals surface area (Å²) in [6.07, 6.45) is 0. The van der Waals surface area contributed by atoms with E-state index in [9.17, 15) is 4.79 Å². The Hall–Kier alpha value is -1.21. The van der Waals surface area contributed by atoms with Crippen LogP contribution in [0, 0.1) is 0 Å². The van der Waals surface area contributed by atoms with Crippen LogP contribution in [0.1, 0.15) is 10.4 Å². The van der Waals surface area contributed by atoms with Crippen LogP contribution in [0.4, 0.5) is 5.82 Å². The average molecular weight is 339 g/mol. The van der Waals surface area contributed by atoms with Gasteiger partial charge in [0.1, 0.15) is 11.0 Å². The number of rotatable bonds is 2. The van der Waals surface area contributed by atoms with E-state index < -0.39 is 5.91 Å². The molecule has 0 aliphatic carbocycles. The second kappa shape index (κ2) is 5.83. The van der Waals surface area contributed by atoms with Crippen LogP contribution in [0.15, 0.2) is 12.1 Å². The fraction of sp³-hybridized carbons (Fsp3) is 0. The summed E-state index contributed by atoms with van der Waals surface area (Å²) >= 11 is 22.7. The Morgan fingerprint density at radius 3 is 2.42 bits per heavy atom. The maximum Gasteiger partial charge on any atom is 0.260 e. The third-order valence-corrected chi connectivity index (χ3v) is 2.70. The summed E-state index contributed by atoms with van der Waals surface area (Å²) in [5.74, 6) is -0.452. The summed E-state index contributed by atoms with van der Waals surface area (Å²) in [5, 5.41) is 9.38. The molecule has 6 nitrogen and oxygen atoms in total. The molecule has 2 aromatic rings. The van der Waals surface area contributed by atoms with Crippen molar-refractivity contribution in [3.63, 3.8) is 0 Å². The first-order valence-electron chi connectivity index (χ1n) is 4.66. The minimum absolute atomic E-state index is 0.0355. The smallest absolute Gasteiger partial charge is 0.260 e. The van der Waals surface area contributed by atoms with Crippen molar-refractivity contribution in [1.82, 2.24) is 20.2 Å². The van der Waals surface area contributed by atoms with Gasteiger partial charge in [-0.25, -0.2) is 9.97 Å². The maximum atomic E-state index is 11.9. The normalized spacial score (nSPS) is 10.3. The van der Waals surface area contributed by atoms with Gasteiger partial charge in [0.25, 0.3) is 5.91 Å².